The quantitative estimate of drug-likeness (QED) is 0.319. The zero-order valence-electron chi connectivity index (χ0n) is 20.2. The summed E-state index contributed by atoms with van der Waals surface area (Å²) in [4.78, 5) is 10.5. The van der Waals surface area contributed by atoms with Crippen LogP contribution < -0.4 is 0 Å². The fraction of sp³-hybridized carbons (Fsp3) is 0.889. The molecular formula is C27H52O2. The van der Waals surface area contributed by atoms with Crippen LogP contribution in [0.2, 0.25) is 0 Å². The van der Waals surface area contributed by atoms with E-state index in [9.17, 15) is 4.79 Å². The van der Waals surface area contributed by atoms with Crippen molar-refractivity contribution in [2.75, 3.05) is 0 Å². The minimum absolute atomic E-state index is 0.373. The molecule has 0 aliphatic heterocycles. The Morgan fingerprint density at radius 3 is 0.793 bits per heavy atom. The summed E-state index contributed by atoms with van der Waals surface area (Å²) in [5.74, 6) is -0.373. The summed E-state index contributed by atoms with van der Waals surface area (Å²) >= 11 is 0. The van der Waals surface area contributed by atoms with E-state index in [-0.39, 0.29) is 5.97 Å². The summed E-state index contributed by atoms with van der Waals surface area (Å²) in [5, 5.41) is 0. The smallest absolute Gasteiger partial charge is 0.330 e. The van der Waals surface area contributed by atoms with E-state index in [0.717, 1.165) is 6.08 Å². The van der Waals surface area contributed by atoms with Gasteiger partial charge in [-0.05, 0) is 20.8 Å². The molecule has 1 aliphatic rings. The Hall–Kier alpha value is -0.790. The van der Waals surface area contributed by atoms with Crippen molar-refractivity contribution in [3.05, 3.63) is 12.7 Å². The van der Waals surface area contributed by atoms with Gasteiger partial charge in [-0.25, -0.2) is 4.79 Å². The molecule has 1 fully saturated rings. The van der Waals surface area contributed by atoms with E-state index < -0.39 is 5.60 Å². The van der Waals surface area contributed by atoms with Gasteiger partial charge in [-0.15, -0.1) is 0 Å². The predicted molar refractivity (Wildman–Crippen MR) is 128 cm³/mol. The number of carbonyl (C=O) groups is 1. The zero-order valence-corrected chi connectivity index (χ0v) is 20.2. The lowest BCUT2D eigenvalue weighted by Crippen LogP contribution is -2.22. The van der Waals surface area contributed by atoms with E-state index >= 15 is 0 Å². The molecule has 0 N–H and O–H groups in total. The van der Waals surface area contributed by atoms with Gasteiger partial charge < -0.3 is 4.74 Å². The number of esters is 1. The third kappa shape index (κ3) is 25.2. The van der Waals surface area contributed by atoms with Gasteiger partial charge in [-0.2, -0.15) is 0 Å². The topological polar surface area (TPSA) is 26.3 Å². The highest BCUT2D eigenvalue weighted by atomic mass is 16.6. The molecule has 0 bridgehead atoms. The maximum atomic E-state index is 10.5. The van der Waals surface area contributed by atoms with Crippen LogP contribution in [0.1, 0.15) is 149 Å². The van der Waals surface area contributed by atoms with E-state index in [4.69, 9.17) is 4.74 Å². The largest absolute Gasteiger partial charge is 0.457 e. The molecule has 0 radical (unpaired) electrons. The van der Waals surface area contributed by atoms with Crippen LogP contribution in [0.5, 0.6) is 0 Å². The SMILES string of the molecule is C1CCCCCCCCCCCCCCCCCCC1.C=CC(=O)OC(C)(C)C. The van der Waals surface area contributed by atoms with E-state index in [1.54, 1.807) is 0 Å². The van der Waals surface area contributed by atoms with Crippen LogP contribution in [0.3, 0.4) is 0 Å². The maximum absolute atomic E-state index is 10.5. The highest BCUT2D eigenvalue weighted by molar-refractivity contribution is 5.81. The van der Waals surface area contributed by atoms with Crippen molar-refractivity contribution in [1.82, 2.24) is 0 Å². The lowest BCUT2D eigenvalue weighted by atomic mass is 10.0. The van der Waals surface area contributed by atoms with E-state index in [0.29, 0.717) is 0 Å². The summed E-state index contributed by atoms with van der Waals surface area (Å²) in [5.41, 5.74) is -0.398. The molecule has 29 heavy (non-hydrogen) atoms. The molecule has 1 rings (SSSR count). The van der Waals surface area contributed by atoms with Crippen molar-refractivity contribution in [2.45, 2.75) is 155 Å². The molecule has 0 saturated heterocycles. The van der Waals surface area contributed by atoms with E-state index in [1.165, 1.54) is 128 Å². The number of ether oxygens (including phenoxy) is 1. The first-order valence-electron chi connectivity index (χ1n) is 12.8. The first kappa shape index (κ1) is 28.2. The normalized spacial score (nSPS) is 19.8. The van der Waals surface area contributed by atoms with Crippen molar-refractivity contribution in [2.24, 2.45) is 0 Å². The standard InChI is InChI=1S/C20H40.C7H12O2/c1-2-4-6-8-10-12-14-16-18-20-19-17-15-13-11-9-7-5-3-1;1-5-6(8)9-7(2,3)4/h1-20H2;5H,1H2,2-4H3. The molecule has 0 unspecified atom stereocenters. The van der Waals surface area contributed by atoms with Crippen LogP contribution >= 0.6 is 0 Å². The third-order valence-electron chi connectivity index (χ3n) is 5.57. The van der Waals surface area contributed by atoms with Gasteiger partial charge in [0, 0.05) is 6.08 Å². The van der Waals surface area contributed by atoms with Crippen molar-refractivity contribution >= 4 is 5.97 Å². The minimum Gasteiger partial charge on any atom is -0.457 e. The first-order chi connectivity index (χ1) is 14.0. The van der Waals surface area contributed by atoms with Gasteiger partial charge >= 0.3 is 5.97 Å². The molecule has 0 aromatic carbocycles. The minimum atomic E-state index is -0.398. The second-order valence-corrected chi connectivity index (χ2v) is 9.81. The molecule has 0 amide bonds. The Kier molecular flexibility index (Phi) is 19.9. The molecule has 0 spiro atoms. The van der Waals surface area contributed by atoms with Crippen LogP contribution in [-0.2, 0) is 9.53 Å². The van der Waals surface area contributed by atoms with Crippen LogP contribution in [0.25, 0.3) is 0 Å². The van der Waals surface area contributed by atoms with Gasteiger partial charge in [-0.3, -0.25) is 0 Å². The summed E-state index contributed by atoms with van der Waals surface area (Å²) in [6, 6.07) is 0. The molecule has 172 valence electrons. The maximum Gasteiger partial charge on any atom is 0.330 e. The summed E-state index contributed by atoms with van der Waals surface area (Å²) in [6.45, 7) is 8.71. The van der Waals surface area contributed by atoms with Crippen molar-refractivity contribution in [3.8, 4) is 0 Å². The second-order valence-electron chi connectivity index (χ2n) is 9.81. The second kappa shape index (κ2) is 20.5. The summed E-state index contributed by atoms with van der Waals surface area (Å²) in [6.07, 6.45) is 31.2. The average Bonchev–Trinajstić information content (AvgIpc) is 2.66. The molecule has 0 aromatic heterocycles. The van der Waals surface area contributed by atoms with Gasteiger partial charge in [0.2, 0.25) is 0 Å². The predicted octanol–water partition coefficient (Wildman–Crippen LogP) is 9.32. The van der Waals surface area contributed by atoms with E-state index in [2.05, 4.69) is 6.58 Å². The average molecular weight is 409 g/mol. The van der Waals surface area contributed by atoms with Crippen molar-refractivity contribution in [1.29, 1.82) is 0 Å². The highest BCUT2D eigenvalue weighted by Gasteiger charge is 2.12. The van der Waals surface area contributed by atoms with Crippen molar-refractivity contribution in [3.63, 3.8) is 0 Å². The monoisotopic (exact) mass is 408 g/mol. The summed E-state index contributed by atoms with van der Waals surface area (Å²) in [7, 11) is 0. The van der Waals surface area contributed by atoms with Crippen molar-refractivity contribution < 1.29 is 9.53 Å². The zero-order chi connectivity index (χ0) is 21.6. The Labute approximate surface area is 183 Å². The highest BCUT2D eigenvalue weighted by Crippen LogP contribution is 2.16. The summed E-state index contributed by atoms with van der Waals surface area (Å²) < 4.78 is 4.83. The molecule has 1 aliphatic carbocycles. The fourth-order valence-electron chi connectivity index (χ4n) is 3.88. The van der Waals surface area contributed by atoms with Crippen LogP contribution in [0.15, 0.2) is 12.7 Å². The lowest BCUT2D eigenvalue weighted by Gasteiger charge is -2.17. The first-order valence-corrected chi connectivity index (χ1v) is 12.8. The number of carbonyl (C=O) groups excluding carboxylic acids is 1. The fourth-order valence-corrected chi connectivity index (χ4v) is 3.88. The van der Waals surface area contributed by atoms with Gasteiger partial charge in [-0.1, -0.05) is 135 Å². The number of hydrogen-bond acceptors (Lipinski definition) is 2. The molecule has 1 saturated carbocycles. The van der Waals surface area contributed by atoms with Gasteiger partial charge in [0.05, 0.1) is 0 Å². The Bertz CT molecular complexity index is 281. The number of hydrogen-bond donors (Lipinski definition) is 0. The molecular weight excluding hydrogens is 356 g/mol. The molecule has 2 heteroatoms. The third-order valence-corrected chi connectivity index (χ3v) is 5.57. The van der Waals surface area contributed by atoms with Gasteiger partial charge in [0.1, 0.15) is 5.60 Å². The van der Waals surface area contributed by atoms with Crippen LogP contribution in [0, 0.1) is 0 Å². The molecule has 0 atom stereocenters. The molecule has 2 nitrogen and oxygen atoms in total. The Balaban J connectivity index is 0.000000734. The van der Waals surface area contributed by atoms with Crippen LogP contribution in [-0.4, -0.2) is 11.6 Å². The van der Waals surface area contributed by atoms with Gasteiger partial charge in [0.25, 0.3) is 0 Å². The van der Waals surface area contributed by atoms with Crippen LogP contribution in [0.4, 0.5) is 0 Å². The molecule has 0 aromatic rings. The molecule has 0 heterocycles. The Morgan fingerprint density at radius 2 is 0.724 bits per heavy atom. The van der Waals surface area contributed by atoms with E-state index in [1.807, 2.05) is 20.8 Å². The van der Waals surface area contributed by atoms with Gasteiger partial charge in [0.15, 0.2) is 0 Å². The number of rotatable bonds is 1. The Morgan fingerprint density at radius 1 is 0.552 bits per heavy atom. The lowest BCUT2D eigenvalue weighted by molar-refractivity contribution is -0.148.